The van der Waals surface area contributed by atoms with E-state index in [4.69, 9.17) is 8.83 Å². The minimum absolute atomic E-state index is 0.0634. The molecule has 0 aliphatic carbocycles. The molecule has 11 rings (SSSR count). The zero-order valence-corrected chi connectivity index (χ0v) is 49.9. The highest BCUT2D eigenvalue weighted by Gasteiger charge is 2.44. The van der Waals surface area contributed by atoms with Crippen LogP contribution in [0.2, 0.25) is 0 Å². The highest BCUT2D eigenvalue weighted by atomic mass is 19.4. The maximum absolute atomic E-state index is 14.2. The summed E-state index contributed by atoms with van der Waals surface area (Å²) in [5, 5.41) is 0. The van der Waals surface area contributed by atoms with Crippen LogP contribution in [0.3, 0.4) is 0 Å². The van der Waals surface area contributed by atoms with Gasteiger partial charge < -0.3 is 38.2 Å². The van der Waals surface area contributed by atoms with Crippen LogP contribution in [0.1, 0.15) is 99.8 Å². The Morgan fingerprint density at radius 3 is 1.40 bits per heavy atom. The minimum Gasteiger partial charge on any atom is -0.420 e. The number of hydrogen-bond donors (Lipinski definition) is 0. The third-order valence-electron chi connectivity index (χ3n) is 16.6. The van der Waals surface area contributed by atoms with Crippen LogP contribution in [0.25, 0.3) is 11.1 Å². The zero-order chi connectivity index (χ0) is 64.8. The first-order valence-corrected chi connectivity index (χ1v) is 30.0. The molecule has 0 radical (unpaired) electrons. The van der Waals surface area contributed by atoms with Crippen molar-refractivity contribution in [1.29, 1.82) is 0 Å². The number of carbonyl (C=O) groups excluding carboxylic acids is 4. The molecule has 4 saturated heterocycles. The molecule has 2 unspecified atom stereocenters. The van der Waals surface area contributed by atoms with Crippen molar-refractivity contribution in [2.75, 3.05) is 98.1 Å². The number of oxazole rings is 2. The lowest BCUT2D eigenvalue weighted by atomic mass is 9.97. The summed E-state index contributed by atoms with van der Waals surface area (Å²) in [6.45, 7) is 9.14. The van der Waals surface area contributed by atoms with Gasteiger partial charge in [-0.05, 0) is 89.6 Å². The Morgan fingerprint density at radius 2 is 0.956 bits per heavy atom. The van der Waals surface area contributed by atoms with E-state index in [1.807, 2.05) is 78.2 Å². The Kier molecular flexibility index (Phi) is 19.8. The van der Waals surface area contributed by atoms with Gasteiger partial charge in [0.1, 0.15) is 17.5 Å². The molecule has 4 aliphatic rings. The predicted molar refractivity (Wildman–Crippen MR) is 317 cm³/mol. The molecule has 26 heteroatoms. The molecule has 91 heavy (non-hydrogen) atoms. The first kappa shape index (κ1) is 65.1. The first-order valence-electron chi connectivity index (χ1n) is 30.0. The van der Waals surface area contributed by atoms with E-state index in [1.165, 1.54) is 17.3 Å². The van der Waals surface area contributed by atoms with E-state index < -0.39 is 88.7 Å². The second-order valence-electron chi connectivity index (χ2n) is 23.4. The number of hydrogen-bond acceptors (Lipinski definition) is 14. The van der Waals surface area contributed by atoms with Crippen molar-refractivity contribution in [3.63, 3.8) is 0 Å². The van der Waals surface area contributed by atoms with Crippen molar-refractivity contribution in [3.8, 4) is 11.1 Å². The molecule has 0 bridgehead atoms. The molecule has 482 valence electrons. The zero-order valence-electron chi connectivity index (χ0n) is 49.9. The largest absolute Gasteiger partial charge is 0.437 e. The number of benzene rings is 3. The van der Waals surface area contributed by atoms with E-state index >= 15 is 0 Å². The van der Waals surface area contributed by atoms with Gasteiger partial charge in [-0.15, -0.1) is 0 Å². The summed E-state index contributed by atoms with van der Waals surface area (Å²) in [4.78, 5) is 78.4. The molecule has 8 heterocycles. The summed E-state index contributed by atoms with van der Waals surface area (Å²) in [6, 6.07) is 26.7. The van der Waals surface area contributed by atoms with Gasteiger partial charge in [0.2, 0.25) is 34.9 Å². The maximum Gasteiger partial charge on any atom is 0.437 e. The number of carbonyl (C=O) groups is 4. The number of Topliss-reactive ketones (excluding diaryl/α,β-unsaturated/α-hetero) is 2. The quantitative estimate of drug-likeness (QED) is 0.0703. The number of amides is 2. The molecule has 4 fully saturated rings. The van der Waals surface area contributed by atoms with Crippen molar-refractivity contribution >= 4 is 47.0 Å². The number of anilines is 4. The van der Waals surface area contributed by atoms with Crippen LogP contribution in [0.4, 0.5) is 67.6 Å². The van der Waals surface area contributed by atoms with E-state index in [0.29, 0.717) is 87.5 Å². The maximum atomic E-state index is 14.2. The summed E-state index contributed by atoms with van der Waals surface area (Å²) in [7, 11) is 0. The summed E-state index contributed by atoms with van der Waals surface area (Å²) in [6.07, 6.45) is -9.24. The molecule has 3 aromatic carbocycles. The summed E-state index contributed by atoms with van der Waals surface area (Å²) in [5.41, 5.74) is -0.607. The third-order valence-corrected chi connectivity index (χ3v) is 16.6. The fraction of sp³-hybridized carbons (Fsp3) is 0.415. The molecule has 7 aromatic rings. The van der Waals surface area contributed by atoms with E-state index in [0.717, 1.165) is 60.6 Å². The van der Waals surface area contributed by atoms with Crippen molar-refractivity contribution in [2.24, 2.45) is 11.8 Å². The molecule has 4 aromatic heterocycles. The lowest BCUT2D eigenvalue weighted by Gasteiger charge is -2.35. The summed E-state index contributed by atoms with van der Waals surface area (Å²) in [5.74, 6) is -3.29. The Morgan fingerprint density at radius 1 is 0.495 bits per heavy atom. The molecule has 0 saturated carbocycles. The van der Waals surface area contributed by atoms with E-state index in [9.17, 15) is 63.1 Å². The fourth-order valence-electron chi connectivity index (χ4n) is 11.8. The van der Waals surface area contributed by atoms with Gasteiger partial charge in [0.25, 0.3) is 12.0 Å². The minimum atomic E-state index is -4.88. The lowest BCUT2D eigenvalue weighted by Crippen LogP contribution is -2.49. The average molecular weight is 1270 g/mol. The molecular formula is C65H66F10N10O6. The highest BCUT2D eigenvalue weighted by Crippen LogP contribution is 2.39. The van der Waals surface area contributed by atoms with Crippen molar-refractivity contribution in [3.05, 3.63) is 166 Å². The second-order valence-corrected chi connectivity index (χ2v) is 23.4. The van der Waals surface area contributed by atoms with Crippen LogP contribution >= 0.6 is 0 Å². The number of alkyl halides is 9. The van der Waals surface area contributed by atoms with E-state index in [2.05, 4.69) is 24.8 Å². The number of aromatic nitrogens is 4. The monoisotopic (exact) mass is 1270 g/mol. The number of halogens is 10. The van der Waals surface area contributed by atoms with Crippen LogP contribution in [-0.4, -0.2) is 132 Å². The van der Waals surface area contributed by atoms with Crippen molar-refractivity contribution in [1.82, 2.24) is 29.7 Å². The Labute approximate surface area is 517 Å². The normalized spacial score (nSPS) is 17.6. The van der Waals surface area contributed by atoms with Gasteiger partial charge in [-0.1, -0.05) is 86.6 Å². The molecular weight excluding hydrogens is 1210 g/mol. The number of piperazine rings is 2. The van der Waals surface area contributed by atoms with Crippen LogP contribution < -0.4 is 19.6 Å². The number of ketones is 2. The molecule has 0 spiro atoms. The van der Waals surface area contributed by atoms with Gasteiger partial charge in [0, 0.05) is 109 Å². The first-order chi connectivity index (χ1) is 43.4. The standard InChI is InChI=1S/C35H36F3N5O3.C30H30F7N5O3/c1-24-8-7-15-43(23-24)34-40-33(35(36,37)38)32(46-34)29(44)20-25-13-14-30(39-22-25)41-16-18-42(19-17-41)31(45)21-27-11-5-6-12-28(27)26-9-3-2-4-10-26;1-18-4-3-9-42(17-18)28-39-27(30(35,36)37)26(45-28)23(43)14-19-7-8-24(38-16-19)40-10-12-41(13-11-40)25(44)15-20-21(29(32,33)34)5-2-6-22(20)31/h2-6,9-14,22,24H,7-8,15-21,23H2,1H3;2,5-8,16,18H,3-4,9-15,17H2,1H3. The van der Waals surface area contributed by atoms with Gasteiger partial charge in [0.05, 0.1) is 18.4 Å². The molecule has 2 amide bonds. The Hall–Kier alpha value is -8.84. The van der Waals surface area contributed by atoms with Crippen LogP contribution in [0.15, 0.2) is 118 Å². The Balaban J connectivity index is 0.000000200. The van der Waals surface area contributed by atoms with Gasteiger partial charge in [-0.3, -0.25) is 19.2 Å². The predicted octanol–water partition coefficient (Wildman–Crippen LogP) is 12.1. The van der Waals surface area contributed by atoms with Crippen molar-refractivity contribution < 1.29 is 71.9 Å². The molecule has 2 atom stereocenters. The summed E-state index contributed by atoms with van der Waals surface area (Å²) < 4.78 is 148. The SMILES string of the molecule is CC1CCCN(c2nc(C(F)(F)F)c(C(=O)Cc3ccc(N4CCN(C(=O)Cc5c(F)cccc5C(F)(F)F)CC4)nc3)o2)C1.CC1CCCN(c2nc(C(F)(F)F)c(C(=O)Cc3ccc(N4CCN(C(=O)Cc5ccccc5-c5ccccc5)CC4)nc3)o2)C1. The van der Waals surface area contributed by atoms with Crippen molar-refractivity contribution in [2.45, 2.75) is 83.7 Å². The fourth-order valence-corrected chi connectivity index (χ4v) is 11.8. The van der Waals surface area contributed by atoms with E-state index in [1.54, 1.807) is 34.1 Å². The van der Waals surface area contributed by atoms with Crippen LogP contribution in [-0.2, 0) is 53.8 Å². The molecule has 0 N–H and O–H groups in total. The van der Waals surface area contributed by atoms with E-state index in [-0.39, 0.29) is 56.5 Å². The number of nitrogens with zero attached hydrogens (tertiary/aromatic N) is 10. The number of rotatable bonds is 15. The van der Waals surface area contributed by atoms with Gasteiger partial charge in [0.15, 0.2) is 11.4 Å². The van der Waals surface area contributed by atoms with Crippen LogP contribution in [0, 0.1) is 17.7 Å². The van der Waals surface area contributed by atoms with Gasteiger partial charge in [-0.2, -0.15) is 49.5 Å². The third kappa shape index (κ3) is 16.0. The number of piperidine rings is 2. The molecule has 4 aliphatic heterocycles. The summed E-state index contributed by atoms with van der Waals surface area (Å²) >= 11 is 0. The van der Waals surface area contributed by atoms with Crippen LogP contribution in [0.5, 0.6) is 0 Å². The molecule has 16 nitrogen and oxygen atoms in total. The second kappa shape index (κ2) is 27.7. The smallest absolute Gasteiger partial charge is 0.420 e. The topological polar surface area (TPSA) is 166 Å². The average Bonchev–Trinajstić information content (AvgIpc) is 1.82. The highest BCUT2D eigenvalue weighted by molar-refractivity contribution is 5.97. The number of pyridine rings is 2. The Bertz CT molecular complexity index is 3670. The van der Waals surface area contributed by atoms with Gasteiger partial charge >= 0.3 is 18.5 Å². The lowest BCUT2D eigenvalue weighted by molar-refractivity contribution is -0.142. The van der Waals surface area contributed by atoms with Gasteiger partial charge in [-0.25, -0.2) is 14.4 Å².